The summed E-state index contributed by atoms with van der Waals surface area (Å²) in [6, 6.07) is 3.58. The molecule has 1 aliphatic heterocycles. The Labute approximate surface area is 87.2 Å². The maximum absolute atomic E-state index is 12.6. The summed E-state index contributed by atoms with van der Waals surface area (Å²) < 4.78 is 54.2. The molecule has 0 spiro atoms. The summed E-state index contributed by atoms with van der Waals surface area (Å²) in [6.45, 7) is 0.195. The van der Waals surface area contributed by atoms with Crippen LogP contribution >= 0.6 is 0 Å². The van der Waals surface area contributed by atoms with Gasteiger partial charge in [0.25, 0.3) is 0 Å². The van der Waals surface area contributed by atoms with Gasteiger partial charge in [0.15, 0.2) is 5.75 Å². The zero-order chi connectivity index (χ0) is 11.1. The van der Waals surface area contributed by atoms with Crippen LogP contribution in [0.3, 0.4) is 0 Å². The van der Waals surface area contributed by atoms with Crippen LogP contribution in [0.5, 0.6) is 5.75 Å². The zero-order valence-corrected chi connectivity index (χ0v) is 8.32. The highest BCUT2D eigenvalue weighted by Crippen LogP contribution is 2.40. The predicted octanol–water partition coefficient (Wildman–Crippen LogP) is 2.21. The van der Waals surface area contributed by atoms with Gasteiger partial charge in [-0.3, -0.25) is 0 Å². The van der Waals surface area contributed by atoms with Crippen molar-refractivity contribution in [2.45, 2.75) is 11.1 Å². The molecule has 1 aliphatic rings. The number of rotatable bonds is 0. The summed E-state index contributed by atoms with van der Waals surface area (Å²) in [6.07, 6.45) is -4.48. The van der Waals surface area contributed by atoms with E-state index in [4.69, 9.17) is 4.74 Å². The molecule has 0 amide bonds. The first kappa shape index (κ1) is 10.6. The summed E-state index contributed by atoms with van der Waals surface area (Å²) >= 11 is -1.62. The van der Waals surface area contributed by atoms with E-state index in [2.05, 4.69) is 0 Å². The number of alkyl halides is 3. The highest BCUT2D eigenvalue weighted by atomic mass is 32.2. The summed E-state index contributed by atoms with van der Waals surface area (Å²) in [7, 11) is 0. The van der Waals surface area contributed by atoms with Gasteiger partial charge in [0, 0.05) is 0 Å². The first-order valence-corrected chi connectivity index (χ1v) is 5.53. The van der Waals surface area contributed by atoms with E-state index in [9.17, 15) is 17.7 Å². The van der Waals surface area contributed by atoms with Crippen molar-refractivity contribution in [3.05, 3.63) is 23.8 Å². The van der Waals surface area contributed by atoms with Gasteiger partial charge in [-0.1, -0.05) is 6.07 Å². The maximum atomic E-state index is 12.6. The molecular weight excluding hydrogens is 229 g/mol. The fourth-order valence-corrected chi connectivity index (χ4v) is 2.64. The summed E-state index contributed by atoms with van der Waals surface area (Å²) in [5.74, 6) is 0.189. The van der Waals surface area contributed by atoms with E-state index in [1.165, 1.54) is 12.1 Å². The predicted molar refractivity (Wildman–Crippen MR) is 48.2 cm³/mol. The normalized spacial score (nSPS) is 20.7. The van der Waals surface area contributed by atoms with Crippen molar-refractivity contribution in [3.63, 3.8) is 0 Å². The number of fused-ring (bicyclic) bond motifs is 1. The van der Waals surface area contributed by atoms with Crippen molar-refractivity contribution >= 4 is 11.2 Å². The van der Waals surface area contributed by atoms with Gasteiger partial charge in [-0.25, -0.2) is 0 Å². The van der Waals surface area contributed by atoms with Gasteiger partial charge in [0.05, 0.1) is 0 Å². The second-order valence-corrected chi connectivity index (χ2v) is 4.54. The van der Waals surface area contributed by atoms with Gasteiger partial charge in [-0.15, -0.1) is 0 Å². The SMILES string of the molecule is [O-][S+]1CCOc2cccc(C(F)(F)F)c21. The van der Waals surface area contributed by atoms with Crippen LogP contribution in [0.25, 0.3) is 0 Å². The third-order valence-corrected chi connectivity index (χ3v) is 3.45. The van der Waals surface area contributed by atoms with Crippen LogP contribution in [0.4, 0.5) is 13.2 Å². The van der Waals surface area contributed by atoms with E-state index in [0.717, 1.165) is 6.07 Å². The van der Waals surface area contributed by atoms with Gasteiger partial charge in [0.2, 0.25) is 4.90 Å². The Morgan fingerprint density at radius 2 is 2.07 bits per heavy atom. The van der Waals surface area contributed by atoms with Gasteiger partial charge in [0.1, 0.15) is 17.9 Å². The van der Waals surface area contributed by atoms with Crippen LogP contribution in [-0.4, -0.2) is 16.9 Å². The van der Waals surface area contributed by atoms with E-state index in [-0.39, 0.29) is 23.0 Å². The molecule has 0 aliphatic carbocycles. The van der Waals surface area contributed by atoms with Crippen LogP contribution in [0.15, 0.2) is 23.1 Å². The van der Waals surface area contributed by atoms with E-state index in [0.29, 0.717) is 0 Å². The van der Waals surface area contributed by atoms with Gasteiger partial charge in [-0.2, -0.15) is 13.2 Å². The minimum Gasteiger partial charge on any atom is -0.611 e. The minimum absolute atomic E-state index is 0.0782. The smallest absolute Gasteiger partial charge is 0.421 e. The fourth-order valence-electron chi connectivity index (χ4n) is 1.42. The zero-order valence-electron chi connectivity index (χ0n) is 7.50. The topological polar surface area (TPSA) is 32.3 Å². The van der Waals surface area contributed by atoms with Crippen molar-refractivity contribution in [2.24, 2.45) is 0 Å². The second-order valence-electron chi connectivity index (χ2n) is 3.03. The Bertz CT molecular complexity index is 378. The number of halogens is 3. The highest BCUT2D eigenvalue weighted by molar-refractivity contribution is 7.91. The third-order valence-electron chi connectivity index (χ3n) is 2.04. The first-order chi connectivity index (χ1) is 7.00. The molecule has 2 nitrogen and oxygen atoms in total. The molecule has 1 atom stereocenters. The van der Waals surface area contributed by atoms with Gasteiger partial charge < -0.3 is 9.29 Å². The molecule has 1 aromatic carbocycles. The largest absolute Gasteiger partial charge is 0.611 e. The molecule has 0 radical (unpaired) electrons. The Morgan fingerprint density at radius 1 is 1.33 bits per heavy atom. The van der Waals surface area contributed by atoms with E-state index < -0.39 is 22.9 Å². The summed E-state index contributed by atoms with van der Waals surface area (Å²) in [5, 5.41) is 0. The number of benzene rings is 1. The standard InChI is InChI=1S/C9H7F3O2S/c10-9(11,12)6-2-1-3-7-8(6)15(13)5-4-14-7/h1-3H,4-5H2. The number of hydrogen-bond acceptors (Lipinski definition) is 2. The van der Waals surface area contributed by atoms with Crippen molar-refractivity contribution in [3.8, 4) is 5.75 Å². The lowest BCUT2D eigenvalue weighted by Crippen LogP contribution is -2.24. The van der Waals surface area contributed by atoms with Crippen molar-refractivity contribution in [1.29, 1.82) is 0 Å². The van der Waals surface area contributed by atoms with E-state index in [1.54, 1.807) is 0 Å². The van der Waals surface area contributed by atoms with Crippen LogP contribution < -0.4 is 4.74 Å². The lowest BCUT2D eigenvalue weighted by atomic mass is 10.2. The van der Waals surface area contributed by atoms with Crippen LogP contribution in [0, 0.1) is 0 Å². The summed E-state index contributed by atoms with van der Waals surface area (Å²) in [4.78, 5) is -0.226. The number of ether oxygens (including phenoxy) is 1. The molecule has 15 heavy (non-hydrogen) atoms. The molecule has 1 heterocycles. The first-order valence-electron chi connectivity index (χ1n) is 4.21. The molecule has 1 unspecified atom stereocenters. The highest BCUT2D eigenvalue weighted by Gasteiger charge is 2.40. The van der Waals surface area contributed by atoms with E-state index in [1.807, 2.05) is 0 Å². The maximum Gasteiger partial charge on any atom is 0.421 e. The summed E-state index contributed by atoms with van der Waals surface area (Å²) in [5.41, 5.74) is -0.863. The second kappa shape index (κ2) is 3.61. The van der Waals surface area contributed by atoms with E-state index >= 15 is 0 Å². The van der Waals surface area contributed by atoms with Gasteiger partial charge in [-0.05, 0) is 23.3 Å². The molecule has 1 aromatic rings. The molecule has 6 heteroatoms. The molecular formula is C9H7F3O2S. The van der Waals surface area contributed by atoms with Crippen LogP contribution in [0.2, 0.25) is 0 Å². The molecule has 0 fully saturated rings. The molecule has 0 N–H and O–H groups in total. The lowest BCUT2D eigenvalue weighted by Gasteiger charge is -2.22. The molecule has 0 bridgehead atoms. The van der Waals surface area contributed by atoms with Crippen LogP contribution in [-0.2, 0) is 17.4 Å². The van der Waals surface area contributed by atoms with Crippen molar-refractivity contribution < 1.29 is 22.5 Å². The third kappa shape index (κ3) is 1.91. The lowest BCUT2D eigenvalue weighted by molar-refractivity contribution is -0.140. The monoisotopic (exact) mass is 236 g/mol. The van der Waals surface area contributed by atoms with Crippen LogP contribution in [0.1, 0.15) is 5.56 Å². The van der Waals surface area contributed by atoms with Gasteiger partial charge >= 0.3 is 6.18 Å². The molecule has 0 aromatic heterocycles. The molecule has 2 rings (SSSR count). The quantitative estimate of drug-likeness (QED) is 0.647. The Balaban J connectivity index is 2.57. The molecule has 82 valence electrons. The Kier molecular flexibility index (Phi) is 2.56. The molecule has 0 saturated heterocycles. The van der Waals surface area contributed by atoms with Crippen molar-refractivity contribution in [2.75, 3.05) is 12.4 Å². The Morgan fingerprint density at radius 3 is 2.73 bits per heavy atom. The fraction of sp³-hybridized carbons (Fsp3) is 0.333. The number of hydrogen-bond donors (Lipinski definition) is 0. The van der Waals surface area contributed by atoms with Crippen molar-refractivity contribution in [1.82, 2.24) is 0 Å². The molecule has 0 saturated carbocycles. The minimum atomic E-state index is -4.48. The Hall–Kier alpha value is -0.880. The average molecular weight is 236 g/mol. The average Bonchev–Trinajstić information content (AvgIpc) is 2.16.